The minimum absolute atomic E-state index is 0.0536. The summed E-state index contributed by atoms with van der Waals surface area (Å²) in [6.45, 7) is 7.33. The molecule has 2 bridgehead atoms. The number of hydrogen-bond acceptors (Lipinski definition) is 3. The number of rotatable bonds is 2. The monoisotopic (exact) mass is 266 g/mol. The summed E-state index contributed by atoms with van der Waals surface area (Å²) < 4.78 is 0. The predicted octanol–water partition coefficient (Wildman–Crippen LogP) is 1.04. The van der Waals surface area contributed by atoms with E-state index in [4.69, 9.17) is 0 Å². The third-order valence-electron chi connectivity index (χ3n) is 6.10. The average molecular weight is 266 g/mol. The fourth-order valence-electron chi connectivity index (χ4n) is 4.56. The number of carbonyl (C=O) groups excluding carboxylic acids is 1. The van der Waals surface area contributed by atoms with Crippen molar-refractivity contribution < 1.29 is 9.90 Å². The summed E-state index contributed by atoms with van der Waals surface area (Å²) >= 11 is 0. The summed E-state index contributed by atoms with van der Waals surface area (Å²) in [5, 5.41) is 17.1. The van der Waals surface area contributed by atoms with E-state index in [0.29, 0.717) is 11.8 Å². The lowest BCUT2D eigenvalue weighted by atomic mass is 9.43. The van der Waals surface area contributed by atoms with Crippen LogP contribution >= 0.6 is 0 Å². The smallest absolute Gasteiger partial charge is 0.237 e. The second kappa shape index (κ2) is 4.19. The van der Waals surface area contributed by atoms with Crippen LogP contribution in [0.25, 0.3) is 0 Å². The highest BCUT2D eigenvalue weighted by Crippen LogP contribution is 2.62. The van der Waals surface area contributed by atoms with E-state index in [1.807, 2.05) is 6.92 Å². The molecule has 4 nitrogen and oxygen atoms in total. The first-order valence-corrected chi connectivity index (χ1v) is 7.59. The molecule has 108 valence electrons. The first-order chi connectivity index (χ1) is 8.83. The lowest BCUT2D eigenvalue weighted by molar-refractivity contribution is -0.209. The van der Waals surface area contributed by atoms with Crippen molar-refractivity contribution in [2.75, 3.05) is 6.54 Å². The highest BCUT2D eigenvalue weighted by Gasteiger charge is 2.63. The van der Waals surface area contributed by atoms with Crippen LogP contribution in [0.3, 0.4) is 0 Å². The fourth-order valence-corrected chi connectivity index (χ4v) is 4.56. The summed E-state index contributed by atoms with van der Waals surface area (Å²) in [6.07, 6.45) is 4.00. The van der Waals surface area contributed by atoms with Gasteiger partial charge in [-0.1, -0.05) is 13.8 Å². The van der Waals surface area contributed by atoms with E-state index in [-0.39, 0.29) is 23.4 Å². The first-order valence-electron chi connectivity index (χ1n) is 7.59. The maximum atomic E-state index is 12.2. The van der Waals surface area contributed by atoms with E-state index < -0.39 is 5.60 Å². The summed E-state index contributed by atoms with van der Waals surface area (Å²) in [5.41, 5.74) is -0.553. The summed E-state index contributed by atoms with van der Waals surface area (Å²) in [7, 11) is 0. The highest BCUT2D eigenvalue weighted by atomic mass is 16.3. The molecule has 0 spiro atoms. The van der Waals surface area contributed by atoms with E-state index in [1.165, 1.54) is 0 Å². The van der Waals surface area contributed by atoms with Crippen molar-refractivity contribution in [3.63, 3.8) is 0 Å². The van der Waals surface area contributed by atoms with Gasteiger partial charge in [-0.15, -0.1) is 0 Å². The first kappa shape index (κ1) is 13.4. The predicted molar refractivity (Wildman–Crippen MR) is 73.6 cm³/mol. The molecule has 0 aromatic carbocycles. The van der Waals surface area contributed by atoms with Gasteiger partial charge in [0.25, 0.3) is 0 Å². The van der Waals surface area contributed by atoms with E-state index in [1.54, 1.807) is 0 Å². The Balaban J connectivity index is 1.68. The molecular formula is C15H26N2O2. The Hall–Kier alpha value is -0.610. The largest absolute Gasteiger partial charge is 0.388 e. The number of amides is 1. The van der Waals surface area contributed by atoms with Crippen molar-refractivity contribution in [3.05, 3.63) is 0 Å². The fraction of sp³-hybridized carbons (Fsp3) is 0.933. The number of aliphatic hydroxyl groups is 1. The molecule has 0 radical (unpaired) electrons. The Labute approximate surface area is 115 Å². The number of fused-ring (bicyclic) bond motifs is 2. The van der Waals surface area contributed by atoms with Crippen LogP contribution in [0.5, 0.6) is 0 Å². The van der Waals surface area contributed by atoms with E-state index in [2.05, 4.69) is 24.5 Å². The van der Waals surface area contributed by atoms with Crippen molar-refractivity contribution in [2.24, 2.45) is 17.3 Å². The SMILES string of the molecule is CC1(C)[C@H]2C[C@H](NC(=O)[C@@H]3CCCN3)[C@](C)(O)[C@@H]1C2. The topological polar surface area (TPSA) is 61.4 Å². The summed E-state index contributed by atoms with van der Waals surface area (Å²) in [4.78, 5) is 12.2. The van der Waals surface area contributed by atoms with Crippen LogP contribution in [-0.4, -0.2) is 35.2 Å². The molecule has 4 heteroatoms. The Bertz CT molecular complexity index is 386. The molecule has 5 atom stereocenters. The molecule has 4 aliphatic rings. The number of nitrogens with one attached hydrogen (secondary N) is 2. The lowest BCUT2D eigenvalue weighted by Crippen LogP contribution is -2.70. The normalized spacial score (nSPS) is 47.6. The quantitative estimate of drug-likeness (QED) is 0.700. The maximum absolute atomic E-state index is 12.2. The van der Waals surface area contributed by atoms with Gasteiger partial charge in [-0.3, -0.25) is 4.79 Å². The van der Waals surface area contributed by atoms with Gasteiger partial charge < -0.3 is 15.7 Å². The minimum Gasteiger partial charge on any atom is -0.388 e. The molecule has 4 fully saturated rings. The Kier molecular flexibility index (Phi) is 2.95. The Morgan fingerprint density at radius 3 is 2.58 bits per heavy atom. The van der Waals surface area contributed by atoms with Crippen LogP contribution in [0.2, 0.25) is 0 Å². The molecule has 3 saturated carbocycles. The highest BCUT2D eigenvalue weighted by molar-refractivity contribution is 5.82. The zero-order valence-electron chi connectivity index (χ0n) is 12.2. The van der Waals surface area contributed by atoms with Crippen molar-refractivity contribution in [2.45, 2.75) is 64.1 Å². The van der Waals surface area contributed by atoms with Gasteiger partial charge in [-0.2, -0.15) is 0 Å². The van der Waals surface area contributed by atoms with Gasteiger partial charge in [0.05, 0.1) is 17.7 Å². The van der Waals surface area contributed by atoms with E-state index in [0.717, 1.165) is 32.2 Å². The van der Waals surface area contributed by atoms with Gasteiger partial charge in [0.2, 0.25) is 5.91 Å². The minimum atomic E-state index is -0.771. The number of hydrogen-bond donors (Lipinski definition) is 3. The lowest BCUT2D eigenvalue weighted by Gasteiger charge is -2.65. The Morgan fingerprint density at radius 1 is 1.32 bits per heavy atom. The van der Waals surface area contributed by atoms with Crippen LogP contribution in [0.4, 0.5) is 0 Å². The van der Waals surface area contributed by atoms with Crippen molar-refractivity contribution in [1.82, 2.24) is 10.6 Å². The molecule has 3 aliphatic carbocycles. The standard InChI is InChI=1S/C15H26N2O2/c1-14(2)9-7-11(14)15(3,19)12(8-9)17-13(18)10-5-4-6-16-10/h9-12,16,19H,4-8H2,1-3H3,(H,17,18)/t9-,10+,11-,12+,15-/m1/s1. The average Bonchev–Trinajstić information content (AvgIpc) is 2.84. The van der Waals surface area contributed by atoms with Crippen molar-refractivity contribution in [3.8, 4) is 0 Å². The van der Waals surface area contributed by atoms with Gasteiger partial charge in [-0.25, -0.2) is 0 Å². The maximum Gasteiger partial charge on any atom is 0.237 e. The molecule has 1 amide bonds. The van der Waals surface area contributed by atoms with Gasteiger partial charge in [-0.05, 0) is 56.4 Å². The molecule has 0 aromatic heterocycles. The molecular weight excluding hydrogens is 240 g/mol. The van der Waals surface area contributed by atoms with Crippen LogP contribution < -0.4 is 10.6 Å². The third kappa shape index (κ3) is 1.91. The van der Waals surface area contributed by atoms with Gasteiger partial charge in [0.15, 0.2) is 0 Å². The summed E-state index contributed by atoms with van der Waals surface area (Å²) in [6, 6.07) is -0.138. The second-order valence-electron chi connectivity index (χ2n) is 7.48. The van der Waals surface area contributed by atoms with Crippen molar-refractivity contribution >= 4 is 5.91 Å². The number of carbonyl (C=O) groups is 1. The molecule has 0 unspecified atom stereocenters. The summed E-state index contributed by atoms with van der Waals surface area (Å²) in [5.74, 6) is 1.02. The zero-order valence-corrected chi connectivity index (χ0v) is 12.2. The second-order valence-corrected chi connectivity index (χ2v) is 7.48. The molecule has 1 aliphatic heterocycles. The molecule has 3 N–H and O–H groups in total. The van der Waals surface area contributed by atoms with Crippen LogP contribution in [0.15, 0.2) is 0 Å². The van der Waals surface area contributed by atoms with Crippen LogP contribution in [0.1, 0.15) is 46.5 Å². The van der Waals surface area contributed by atoms with Gasteiger partial charge in [0.1, 0.15) is 0 Å². The van der Waals surface area contributed by atoms with Crippen LogP contribution in [0, 0.1) is 17.3 Å². The zero-order chi connectivity index (χ0) is 13.8. The molecule has 1 heterocycles. The molecule has 19 heavy (non-hydrogen) atoms. The van der Waals surface area contributed by atoms with Crippen LogP contribution in [-0.2, 0) is 4.79 Å². The Morgan fingerprint density at radius 2 is 2.05 bits per heavy atom. The van der Waals surface area contributed by atoms with E-state index in [9.17, 15) is 9.90 Å². The van der Waals surface area contributed by atoms with Gasteiger partial charge >= 0.3 is 0 Å². The molecule has 1 saturated heterocycles. The van der Waals surface area contributed by atoms with Gasteiger partial charge in [0, 0.05) is 0 Å². The molecule has 0 aromatic rings. The molecule has 4 rings (SSSR count). The van der Waals surface area contributed by atoms with Crippen molar-refractivity contribution in [1.29, 1.82) is 0 Å². The van der Waals surface area contributed by atoms with E-state index >= 15 is 0 Å². The third-order valence-corrected chi connectivity index (χ3v) is 6.10.